The van der Waals surface area contributed by atoms with Crippen molar-refractivity contribution in [3.63, 3.8) is 0 Å². The lowest BCUT2D eigenvalue weighted by atomic mass is 9.95. The van der Waals surface area contributed by atoms with Gasteiger partial charge in [-0.05, 0) is 26.7 Å². The molecule has 2 nitrogen and oxygen atoms in total. The molecule has 0 atom stereocenters. The first-order chi connectivity index (χ1) is 5.43. The van der Waals surface area contributed by atoms with Crippen molar-refractivity contribution in [1.29, 1.82) is 0 Å². The van der Waals surface area contributed by atoms with Crippen LogP contribution in [0.25, 0.3) is 0 Å². The van der Waals surface area contributed by atoms with Gasteiger partial charge in [-0.3, -0.25) is 4.79 Å². The van der Waals surface area contributed by atoms with Crippen molar-refractivity contribution in [2.75, 3.05) is 0 Å². The molecule has 1 N–H and O–H groups in total. The van der Waals surface area contributed by atoms with Crippen molar-refractivity contribution >= 4 is 5.97 Å². The molecule has 0 amide bonds. The Morgan fingerprint density at radius 2 is 1.58 bits per heavy atom. The minimum Gasteiger partial charge on any atom is -0.481 e. The van der Waals surface area contributed by atoms with Gasteiger partial charge in [0.1, 0.15) is 0 Å². The van der Waals surface area contributed by atoms with E-state index >= 15 is 0 Å². The first-order valence-electron chi connectivity index (χ1n) is 3.95. The monoisotopic (exact) mass is 168 g/mol. The van der Waals surface area contributed by atoms with Gasteiger partial charge in [-0.2, -0.15) is 0 Å². The molecule has 0 aliphatic heterocycles. The third-order valence-electron chi connectivity index (χ3n) is 1.54. The van der Waals surface area contributed by atoms with Gasteiger partial charge in [-0.15, -0.1) is 13.2 Å². The van der Waals surface area contributed by atoms with E-state index in [-0.39, 0.29) is 5.92 Å². The molecule has 12 heavy (non-hydrogen) atoms. The molecular weight excluding hydrogens is 152 g/mol. The Balaban J connectivity index is 4.14. The highest BCUT2D eigenvalue weighted by molar-refractivity contribution is 5.70. The van der Waals surface area contributed by atoms with Crippen LogP contribution in [0.1, 0.15) is 26.7 Å². The third-order valence-corrected chi connectivity index (χ3v) is 1.54. The van der Waals surface area contributed by atoms with Crippen LogP contribution in [0.4, 0.5) is 0 Å². The first-order valence-corrected chi connectivity index (χ1v) is 3.95. The average molecular weight is 168 g/mol. The number of carboxylic acid groups (broad SMARTS) is 1. The minimum atomic E-state index is -0.763. The highest BCUT2D eigenvalue weighted by Crippen LogP contribution is 2.17. The lowest BCUT2D eigenvalue weighted by Crippen LogP contribution is -2.14. The van der Waals surface area contributed by atoms with Gasteiger partial charge >= 0.3 is 5.97 Å². The summed E-state index contributed by atoms with van der Waals surface area (Å²) in [5.41, 5.74) is 1.81. The summed E-state index contributed by atoms with van der Waals surface area (Å²) in [7, 11) is 0. The third kappa shape index (κ3) is 4.72. The number of carbonyl (C=O) groups is 1. The summed E-state index contributed by atoms with van der Waals surface area (Å²) in [6.07, 6.45) is 1.09. The van der Waals surface area contributed by atoms with Crippen molar-refractivity contribution in [3.05, 3.63) is 24.3 Å². The van der Waals surface area contributed by atoms with E-state index in [2.05, 4.69) is 13.2 Å². The molecule has 0 bridgehead atoms. The van der Waals surface area contributed by atoms with Crippen molar-refractivity contribution < 1.29 is 9.90 Å². The maximum absolute atomic E-state index is 10.7. The highest BCUT2D eigenvalue weighted by Gasteiger charge is 2.16. The molecule has 0 fully saturated rings. The van der Waals surface area contributed by atoms with Crippen LogP contribution in [0, 0.1) is 5.92 Å². The van der Waals surface area contributed by atoms with Crippen molar-refractivity contribution in [1.82, 2.24) is 0 Å². The van der Waals surface area contributed by atoms with Crippen LogP contribution in [0.2, 0.25) is 0 Å². The standard InChI is InChI=1S/C10H16O2/c1-7(2)5-9(10(11)12)6-8(3)4/h9H,1,3,5-6H2,2,4H3,(H,11,12). The SMILES string of the molecule is C=C(C)CC(CC(=C)C)C(=O)O. The molecule has 0 saturated carbocycles. The molecule has 0 heterocycles. The van der Waals surface area contributed by atoms with E-state index < -0.39 is 5.97 Å². The van der Waals surface area contributed by atoms with Gasteiger partial charge < -0.3 is 5.11 Å². The van der Waals surface area contributed by atoms with Crippen LogP contribution >= 0.6 is 0 Å². The number of allylic oxidation sites excluding steroid dienone is 2. The fourth-order valence-electron chi connectivity index (χ4n) is 1.09. The summed E-state index contributed by atoms with van der Waals surface area (Å²) in [6, 6.07) is 0. The summed E-state index contributed by atoms with van der Waals surface area (Å²) >= 11 is 0. The Kier molecular flexibility index (Phi) is 4.34. The Bertz CT molecular complexity index is 188. The Labute approximate surface area is 73.6 Å². The molecule has 0 unspecified atom stereocenters. The zero-order chi connectivity index (χ0) is 9.72. The molecule has 0 aromatic rings. The normalized spacial score (nSPS) is 9.92. The second kappa shape index (κ2) is 4.75. The van der Waals surface area contributed by atoms with E-state index in [9.17, 15) is 4.79 Å². The van der Waals surface area contributed by atoms with Gasteiger partial charge in [0.25, 0.3) is 0 Å². The van der Waals surface area contributed by atoms with Crippen molar-refractivity contribution in [2.24, 2.45) is 5.92 Å². The van der Waals surface area contributed by atoms with Crippen molar-refractivity contribution in [3.8, 4) is 0 Å². The second-order valence-corrected chi connectivity index (χ2v) is 3.36. The van der Waals surface area contributed by atoms with Crippen LogP contribution in [-0.4, -0.2) is 11.1 Å². The van der Waals surface area contributed by atoms with E-state index in [1.807, 2.05) is 13.8 Å². The largest absolute Gasteiger partial charge is 0.481 e. The van der Waals surface area contributed by atoms with Crippen LogP contribution in [-0.2, 0) is 4.79 Å². The fourth-order valence-corrected chi connectivity index (χ4v) is 1.09. The minimum absolute atomic E-state index is 0.347. The molecule has 0 radical (unpaired) electrons. The maximum Gasteiger partial charge on any atom is 0.307 e. The van der Waals surface area contributed by atoms with Crippen LogP contribution in [0.15, 0.2) is 24.3 Å². The lowest BCUT2D eigenvalue weighted by Gasteiger charge is -2.11. The summed E-state index contributed by atoms with van der Waals surface area (Å²) in [4.78, 5) is 10.7. The van der Waals surface area contributed by atoms with Crippen LogP contribution < -0.4 is 0 Å². The van der Waals surface area contributed by atoms with E-state index in [4.69, 9.17) is 5.11 Å². The summed E-state index contributed by atoms with van der Waals surface area (Å²) in [5, 5.41) is 8.79. The quantitative estimate of drug-likeness (QED) is 0.641. The van der Waals surface area contributed by atoms with Crippen LogP contribution in [0.3, 0.4) is 0 Å². The molecule has 68 valence electrons. The number of hydrogen-bond acceptors (Lipinski definition) is 1. The molecule has 0 aliphatic rings. The molecule has 2 heteroatoms. The predicted molar refractivity (Wildman–Crippen MR) is 50.0 cm³/mol. The number of rotatable bonds is 5. The molecule has 0 aromatic carbocycles. The van der Waals surface area contributed by atoms with Gasteiger partial charge in [0.2, 0.25) is 0 Å². The predicted octanol–water partition coefficient (Wildman–Crippen LogP) is 2.62. The van der Waals surface area contributed by atoms with Crippen LogP contribution in [0.5, 0.6) is 0 Å². The van der Waals surface area contributed by atoms with Gasteiger partial charge in [0, 0.05) is 0 Å². The molecule has 0 aromatic heterocycles. The topological polar surface area (TPSA) is 37.3 Å². The molecule has 0 saturated heterocycles. The summed E-state index contributed by atoms with van der Waals surface area (Å²) in [5.74, 6) is -1.11. The molecule has 0 aliphatic carbocycles. The van der Waals surface area contributed by atoms with E-state index in [0.29, 0.717) is 12.8 Å². The fraction of sp³-hybridized carbons (Fsp3) is 0.500. The molecule has 0 rings (SSSR count). The lowest BCUT2D eigenvalue weighted by molar-refractivity contribution is -0.141. The zero-order valence-electron chi connectivity index (χ0n) is 7.76. The second-order valence-electron chi connectivity index (χ2n) is 3.36. The Morgan fingerprint density at radius 1 is 1.25 bits per heavy atom. The highest BCUT2D eigenvalue weighted by atomic mass is 16.4. The maximum atomic E-state index is 10.7. The first kappa shape index (κ1) is 11.0. The van der Waals surface area contributed by atoms with Gasteiger partial charge in [0.15, 0.2) is 0 Å². The van der Waals surface area contributed by atoms with Gasteiger partial charge in [-0.25, -0.2) is 0 Å². The average Bonchev–Trinajstić information content (AvgIpc) is 1.83. The summed E-state index contributed by atoms with van der Waals surface area (Å²) in [6.45, 7) is 11.1. The smallest absolute Gasteiger partial charge is 0.307 e. The Hall–Kier alpha value is -1.05. The van der Waals surface area contributed by atoms with E-state index in [1.54, 1.807) is 0 Å². The Morgan fingerprint density at radius 3 is 1.75 bits per heavy atom. The van der Waals surface area contributed by atoms with Crippen molar-refractivity contribution in [2.45, 2.75) is 26.7 Å². The zero-order valence-corrected chi connectivity index (χ0v) is 7.76. The van der Waals surface area contributed by atoms with Gasteiger partial charge in [0.05, 0.1) is 5.92 Å². The number of carboxylic acids is 1. The number of hydrogen-bond donors (Lipinski definition) is 1. The van der Waals surface area contributed by atoms with E-state index in [0.717, 1.165) is 11.1 Å². The van der Waals surface area contributed by atoms with Gasteiger partial charge in [-0.1, -0.05) is 11.1 Å². The molecule has 0 spiro atoms. The molecular formula is C10H16O2. The number of aliphatic carboxylic acids is 1. The van der Waals surface area contributed by atoms with E-state index in [1.165, 1.54) is 0 Å². The summed E-state index contributed by atoms with van der Waals surface area (Å²) < 4.78 is 0.